The van der Waals surface area contributed by atoms with Gasteiger partial charge in [0, 0.05) is 38.4 Å². The van der Waals surface area contributed by atoms with Crippen molar-refractivity contribution in [2.24, 2.45) is 4.99 Å². The highest BCUT2D eigenvalue weighted by Crippen LogP contribution is 2.19. The van der Waals surface area contributed by atoms with Gasteiger partial charge in [-0.15, -0.1) is 24.0 Å². The second-order valence-electron chi connectivity index (χ2n) is 7.60. The van der Waals surface area contributed by atoms with Crippen LogP contribution < -0.4 is 20.3 Å². The fourth-order valence-corrected chi connectivity index (χ4v) is 3.69. The molecule has 1 aromatic heterocycles. The number of halogens is 1. The Hall–Kier alpha value is -2.03. The van der Waals surface area contributed by atoms with Gasteiger partial charge in [0.15, 0.2) is 5.96 Å². The van der Waals surface area contributed by atoms with Gasteiger partial charge in [-0.25, -0.2) is 4.98 Å². The maximum Gasteiger partial charge on any atom is 0.191 e. The van der Waals surface area contributed by atoms with Gasteiger partial charge in [0.1, 0.15) is 11.6 Å². The molecule has 1 aromatic carbocycles. The van der Waals surface area contributed by atoms with Crippen LogP contribution in [0.15, 0.2) is 41.4 Å². The minimum atomic E-state index is 0. The van der Waals surface area contributed by atoms with Crippen molar-refractivity contribution in [1.82, 2.24) is 15.6 Å². The van der Waals surface area contributed by atoms with E-state index >= 15 is 0 Å². The third kappa shape index (κ3) is 6.75. The van der Waals surface area contributed by atoms with E-state index < -0.39 is 0 Å². The summed E-state index contributed by atoms with van der Waals surface area (Å²) in [6.07, 6.45) is 3.08. The van der Waals surface area contributed by atoms with Crippen LogP contribution in [0.4, 0.5) is 5.82 Å². The molecule has 1 aliphatic rings. The Kier molecular flexibility index (Phi) is 9.68. The SMILES string of the molecule is CN=C(NCCc1ccc(C)c(OC)c1)NC1CCN(c2cccc(C)n2)CC1.I. The molecule has 0 saturated carbocycles. The maximum atomic E-state index is 5.42. The molecule has 0 unspecified atom stereocenters. The van der Waals surface area contributed by atoms with E-state index in [1.165, 1.54) is 5.56 Å². The van der Waals surface area contributed by atoms with Crippen molar-refractivity contribution >= 4 is 35.8 Å². The number of guanidine groups is 1. The first kappa shape index (κ1) is 24.2. The highest BCUT2D eigenvalue weighted by molar-refractivity contribution is 14.0. The van der Waals surface area contributed by atoms with Gasteiger partial charge in [0.05, 0.1) is 7.11 Å². The number of nitrogens with one attached hydrogen (secondary N) is 2. The molecule has 2 aromatic rings. The summed E-state index contributed by atoms with van der Waals surface area (Å²) >= 11 is 0. The molecule has 2 heterocycles. The van der Waals surface area contributed by atoms with E-state index in [0.29, 0.717) is 6.04 Å². The van der Waals surface area contributed by atoms with E-state index in [-0.39, 0.29) is 24.0 Å². The van der Waals surface area contributed by atoms with Crippen LogP contribution in [0.25, 0.3) is 0 Å². The van der Waals surface area contributed by atoms with Crippen molar-refractivity contribution in [1.29, 1.82) is 0 Å². The Bertz CT molecular complexity index is 834. The van der Waals surface area contributed by atoms with Crippen LogP contribution in [0.5, 0.6) is 5.75 Å². The first-order chi connectivity index (χ1) is 14.1. The summed E-state index contributed by atoms with van der Waals surface area (Å²) < 4.78 is 5.42. The van der Waals surface area contributed by atoms with Gasteiger partial charge in [0.25, 0.3) is 0 Å². The molecule has 0 radical (unpaired) electrons. The molecule has 1 saturated heterocycles. The highest BCUT2D eigenvalue weighted by atomic mass is 127. The Morgan fingerprint density at radius 1 is 1.20 bits per heavy atom. The van der Waals surface area contributed by atoms with Gasteiger partial charge in [0.2, 0.25) is 0 Å². The fraction of sp³-hybridized carbons (Fsp3) is 0.478. The van der Waals surface area contributed by atoms with Gasteiger partial charge in [-0.1, -0.05) is 18.2 Å². The smallest absolute Gasteiger partial charge is 0.191 e. The van der Waals surface area contributed by atoms with E-state index in [9.17, 15) is 0 Å². The third-order valence-corrected chi connectivity index (χ3v) is 5.44. The second-order valence-corrected chi connectivity index (χ2v) is 7.60. The number of anilines is 1. The van der Waals surface area contributed by atoms with Crippen LogP contribution in [-0.4, -0.2) is 50.8 Å². The lowest BCUT2D eigenvalue weighted by Gasteiger charge is -2.34. The fourth-order valence-electron chi connectivity index (χ4n) is 3.69. The predicted molar refractivity (Wildman–Crippen MR) is 136 cm³/mol. The Balaban J connectivity index is 0.00000320. The zero-order chi connectivity index (χ0) is 20.6. The number of nitrogens with zero attached hydrogens (tertiary/aromatic N) is 3. The normalized spacial score (nSPS) is 14.8. The first-order valence-electron chi connectivity index (χ1n) is 10.4. The average Bonchev–Trinajstić information content (AvgIpc) is 2.74. The van der Waals surface area contributed by atoms with Crippen LogP contribution >= 0.6 is 24.0 Å². The molecule has 164 valence electrons. The molecule has 0 atom stereocenters. The minimum Gasteiger partial charge on any atom is -0.496 e. The Morgan fingerprint density at radius 2 is 1.97 bits per heavy atom. The number of benzene rings is 1. The van der Waals surface area contributed by atoms with Gasteiger partial charge < -0.3 is 20.3 Å². The van der Waals surface area contributed by atoms with Crippen molar-refractivity contribution < 1.29 is 4.74 Å². The second kappa shape index (κ2) is 12.0. The predicted octanol–water partition coefficient (Wildman–Crippen LogP) is 3.70. The summed E-state index contributed by atoms with van der Waals surface area (Å²) in [6, 6.07) is 13.0. The monoisotopic (exact) mass is 523 g/mol. The van der Waals surface area contributed by atoms with Gasteiger partial charge in [-0.05, 0) is 62.4 Å². The van der Waals surface area contributed by atoms with Crippen molar-refractivity contribution in [3.8, 4) is 5.75 Å². The van der Waals surface area contributed by atoms with Crippen LogP contribution in [0.1, 0.15) is 29.7 Å². The summed E-state index contributed by atoms with van der Waals surface area (Å²) in [4.78, 5) is 11.4. The van der Waals surface area contributed by atoms with Crippen LogP contribution in [0.3, 0.4) is 0 Å². The topological polar surface area (TPSA) is 61.8 Å². The number of aryl methyl sites for hydroxylation is 2. The number of pyridine rings is 1. The molecule has 1 fully saturated rings. The number of aliphatic imine (C=N–C) groups is 1. The number of ether oxygens (including phenoxy) is 1. The number of methoxy groups -OCH3 is 1. The largest absolute Gasteiger partial charge is 0.496 e. The number of piperidine rings is 1. The van der Waals surface area contributed by atoms with Crippen LogP contribution in [0, 0.1) is 13.8 Å². The number of rotatable bonds is 6. The number of hydrogen-bond acceptors (Lipinski definition) is 4. The minimum absolute atomic E-state index is 0. The van der Waals surface area contributed by atoms with E-state index in [0.717, 1.165) is 67.7 Å². The summed E-state index contributed by atoms with van der Waals surface area (Å²) in [7, 11) is 3.55. The van der Waals surface area contributed by atoms with Crippen molar-refractivity contribution in [3.05, 3.63) is 53.2 Å². The van der Waals surface area contributed by atoms with E-state index in [2.05, 4.69) is 62.8 Å². The average molecular weight is 523 g/mol. The quantitative estimate of drug-likeness (QED) is 0.344. The number of hydrogen-bond donors (Lipinski definition) is 2. The van der Waals surface area contributed by atoms with Crippen LogP contribution in [-0.2, 0) is 6.42 Å². The standard InChI is InChI=1S/C23H33N5O.HI/c1-17-8-9-19(16-21(17)29-4)10-13-25-23(24-3)27-20-11-14-28(15-12-20)22-7-5-6-18(2)26-22;/h5-9,16,20H,10-15H2,1-4H3,(H2,24,25,27);1H. The zero-order valence-electron chi connectivity index (χ0n) is 18.4. The molecular weight excluding hydrogens is 489 g/mol. The first-order valence-corrected chi connectivity index (χ1v) is 10.4. The third-order valence-electron chi connectivity index (χ3n) is 5.44. The van der Waals surface area contributed by atoms with E-state index in [4.69, 9.17) is 4.74 Å². The van der Waals surface area contributed by atoms with E-state index in [1.807, 2.05) is 20.0 Å². The molecule has 0 bridgehead atoms. The molecule has 7 heteroatoms. The summed E-state index contributed by atoms with van der Waals surface area (Å²) in [5, 5.41) is 7.01. The maximum absolute atomic E-state index is 5.42. The number of aromatic nitrogens is 1. The van der Waals surface area contributed by atoms with E-state index in [1.54, 1.807) is 7.11 Å². The van der Waals surface area contributed by atoms with Gasteiger partial charge in [-0.2, -0.15) is 0 Å². The highest BCUT2D eigenvalue weighted by Gasteiger charge is 2.20. The molecule has 2 N–H and O–H groups in total. The zero-order valence-corrected chi connectivity index (χ0v) is 20.8. The molecule has 6 nitrogen and oxygen atoms in total. The summed E-state index contributed by atoms with van der Waals surface area (Å²) in [5.41, 5.74) is 3.49. The summed E-state index contributed by atoms with van der Waals surface area (Å²) in [5.74, 6) is 2.90. The lowest BCUT2D eigenvalue weighted by molar-refractivity contribution is 0.411. The molecule has 0 amide bonds. The van der Waals surface area contributed by atoms with Gasteiger partial charge in [-0.3, -0.25) is 4.99 Å². The molecule has 3 rings (SSSR count). The Labute approximate surface area is 197 Å². The van der Waals surface area contributed by atoms with Crippen molar-refractivity contribution in [2.75, 3.05) is 38.7 Å². The molecule has 1 aliphatic heterocycles. The van der Waals surface area contributed by atoms with Crippen LogP contribution in [0.2, 0.25) is 0 Å². The molecule has 0 spiro atoms. The van der Waals surface area contributed by atoms with Gasteiger partial charge >= 0.3 is 0 Å². The molecular formula is C23H34IN5O. The lowest BCUT2D eigenvalue weighted by Crippen LogP contribution is -2.49. The van der Waals surface area contributed by atoms with Crippen molar-refractivity contribution in [3.63, 3.8) is 0 Å². The molecule has 30 heavy (non-hydrogen) atoms. The summed E-state index contributed by atoms with van der Waals surface area (Å²) in [6.45, 7) is 6.95. The lowest BCUT2D eigenvalue weighted by atomic mass is 10.1. The van der Waals surface area contributed by atoms with Crippen molar-refractivity contribution in [2.45, 2.75) is 39.2 Å². The molecule has 0 aliphatic carbocycles. The Morgan fingerprint density at radius 3 is 2.63 bits per heavy atom.